The van der Waals surface area contributed by atoms with E-state index in [2.05, 4.69) is 10.0 Å². The minimum absolute atomic E-state index is 0.0229. The van der Waals surface area contributed by atoms with Crippen molar-refractivity contribution in [3.05, 3.63) is 39.8 Å². The normalized spacial score (nSPS) is 9.38. The lowest BCUT2D eigenvalue weighted by molar-refractivity contribution is 0.101. The van der Waals surface area contributed by atoms with Gasteiger partial charge in [0, 0.05) is 16.0 Å². The van der Waals surface area contributed by atoms with Gasteiger partial charge in [0.1, 0.15) is 5.75 Å². The Kier molecular flexibility index (Phi) is 4.36. The predicted molar refractivity (Wildman–Crippen MR) is 60.5 cm³/mol. The van der Waals surface area contributed by atoms with E-state index in [4.69, 9.17) is 10.3 Å². The third-order valence-electron chi connectivity index (χ3n) is 2.07. The van der Waals surface area contributed by atoms with E-state index in [0.29, 0.717) is 17.9 Å². The van der Waals surface area contributed by atoms with E-state index < -0.39 is 0 Å². The van der Waals surface area contributed by atoms with E-state index in [0.717, 1.165) is 5.56 Å². The van der Waals surface area contributed by atoms with Gasteiger partial charge in [-0.3, -0.25) is 4.79 Å². The van der Waals surface area contributed by atoms with Crippen molar-refractivity contribution < 1.29 is 9.53 Å². The van der Waals surface area contributed by atoms with Crippen LogP contribution in [0.1, 0.15) is 29.8 Å². The molecule has 5 nitrogen and oxygen atoms in total. The minimum atomic E-state index is -0.0229. The molecule has 0 saturated carbocycles. The van der Waals surface area contributed by atoms with Crippen LogP contribution in [-0.4, -0.2) is 12.4 Å². The number of hydrogen-bond acceptors (Lipinski definition) is 3. The molecule has 0 bridgehead atoms. The molecule has 0 aliphatic heterocycles. The lowest BCUT2D eigenvalue weighted by Crippen LogP contribution is -1.99. The molecule has 1 aromatic carbocycles. The van der Waals surface area contributed by atoms with Gasteiger partial charge in [0.2, 0.25) is 0 Å². The highest BCUT2D eigenvalue weighted by molar-refractivity contribution is 5.94. The van der Waals surface area contributed by atoms with Crippen molar-refractivity contribution in [1.29, 1.82) is 0 Å². The fourth-order valence-corrected chi connectivity index (χ4v) is 1.33. The highest BCUT2D eigenvalue weighted by Gasteiger charge is 2.06. The first kappa shape index (κ1) is 12.1. The highest BCUT2D eigenvalue weighted by atomic mass is 16.5. The standard InChI is InChI=1S/C11H13N3O2/c1-3-16-11-5-4-9(8(2)15)6-10(11)7-13-14-12/h4-6H,3,7H2,1-2H3. The second-order valence-electron chi connectivity index (χ2n) is 3.20. The molecule has 0 radical (unpaired) electrons. The van der Waals surface area contributed by atoms with Crippen LogP contribution in [0.2, 0.25) is 0 Å². The first-order valence-electron chi connectivity index (χ1n) is 4.96. The fourth-order valence-electron chi connectivity index (χ4n) is 1.33. The zero-order chi connectivity index (χ0) is 12.0. The number of azide groups is 1. The van der Waals surface area contributed by atoms with Gasteiger partial charge in [0.05, 0.1) is 13.2 Å². The first-order chi connectivity index (χ1) is 7.69. The van der Waals surface area contributed by atoms with Crippen LogP contribution in [0.25, 0.3) is 10.4 Å². The molecule has 5 heteroatoms. The smallest absolute Gasteiger partial charge is 0.159 e. The number of nitrogens with zero attached hydrogens (tertiary/aromatic N) is 3. The van der Waals surface area contributed by atoms with E-state index in [1.54, 1.807) is 18.2 Å². The molecule has 0 fully saturated rings. The third kappa shape index (κ3) is 3.00. The summed E-state index contributed by atoms with van der Waals surface area (Å²) in [7, 11) is 0. The van der Waals surface area contributed by atoms with Gasteiger partial charge in [0.15, 0.2) is 5.78 Å². The summed E-state index contributed by atoms with van der Waals surface area (Å²) in [6.45, 7) is 4.08. The number of Topliss-reactive ketones (excluding diaryl/α,β-unsaturated/α-hetero) is 1. The van der Waals surface area contributed by atoms with Gasteiger partial charge in [-0.05, 0) is 37.6 Å². The van der Waals surface area contributed by atoms with Crippen molar-refractivity contribution in [3.8, 4) is 5.75 Å². The zero-order valence-electron chi connectivity index (χ0n) is 9.30. The maximum absolute atomic E-state index is 11.2. The number of ether oxygens (including phenoxy) is 1. The van der Waals surface area contributed by atoms with Crippen LogP contribution in [0.15, 0.2) is 23.3 Å². The van der Waals surface area contributed by atoms with Crippen molar-refractivity contribution in [3.63, 3.8) is 0 Å². The third-order valence-corrected chi connectivity index (χ3v) is 2.07. The number of carbonyl (C=O) groups is 1. The van der Waals surface area contributed by atoms with Gasteiger partial charge in [0.25, 0.3) is 0 Å². The molecule has 0 aliphatic rings. The van der Waals surface area contributed by atoms with Crippen molar-refractivity contribution >= 4 is 5.78 Å². The summed E-state index contributed by atoms with van der Waals surface area (Å²) in [6.07, 6.45) is 0. The van der Waals surface area contributed by atoms with Crippen molar-refractivity contribution in [2.45, 2.75) is 20.4 Å². The lowest BCUT2D eigenvalue weighted by atomic mass is 10.1. The SMILES string of the molecule is CCOc1ccc(C(C)=O)cc1CN=[N+]=[N-]. The van der Waals surface area contributed by atoms with Crippen molar-refractivity contribution in [2.75, 3.05) is 6.61 Å². The summed E-state index contributed by atoms with van der Waals surface area (Å²) in [5.74, 6) is 0.630. The van der Waals surface area contributed by atoms with Crippen LogP contribution < -0.4 is 4.74 Å². The molecule has 0 heterocycles. The van der Waals surface area contributed by atoms with Crippen LogP contribution in [0.5, 0.6) is 5.75 Å². The maximum atomic E-state index is 11.2. The molecule has 0 aliphatic carbocycles. The topological polar surface area (TPSA) is 75.1 Å². The van der Waals surface area contributed by atoms with Gasteiger partial charge in [-0.1, -0.05) is 5.11 Å². The molecule has 0 aromatic heterocycles. The number of rotatable bonds is 5. The summed E-state index contributed by atoms with van der Waals surface area (Å²) in [4.78, 5) is 13.9. The van der Waals surface area contributed by atoms with Crippen LogP contribution in [0, 0.1) is 0 Å². The minimum Gasteiger partial charge on any atom is -0.494 e. The van der Waals surface area contributed by atoms with E-state index in [1.165, 1.54) is 6.92 Å². The molecule has 0 unspecified atom stereocenters. The zero-order valence-corrected chi connectivity index (χ0v) is 9.30. The summed E-state index contributed by atoms with van der Waals surface area (Å²) in [5.41, 5.74) is 9.60. The maximum Gasteiger partial charge on any atom is 0.159 e. The number of hydrogen-bond donors (Lipinski definition) is 0. The molecular weight excluding hydrogens is 206 g/mol. The first-order valence-corrected chi connectivity index (χ1v) is 4.96. The monoisotopic (exact) mass is 219 g/mol. The van der Waals surface area contributed by atoms with Crippen molar-refractivity contribution in [1.82, 2.24) is 0 Å². The molecule has 0 N–H and O–H groups in total. The van der Waals surface area contributed by atoms with Crippen LogP contribution >= 0.6 is 0 Å². The fraction of sp³-hybridized carbons (Fsp3) is 0.364. The van der Waals surface area contributed by atoms with Gasteiger partial charge < -0.3 is 4.74 Å². The number of ketones is 1. The molecule has 84 valence electrons. The van der Waals surface area contributed by atoms with Gasteiger partial charge in [-0.2, -0.15) is 0 Å². The average Bonchev–Trinajstić information content (AvgIpc) is 2.27. The van der Waals surface area contributed by atoms with E-state index in [-0.39, 0.29) is 12.3 Å². The Morgan fingerprint density at radius 1 is 1.56 bits per heavy atom. The second kappa shape index (κ2) is 5.78. The van der Waals surface area contributed by atoms with E-state index in [1.807, 2.05) is 6.92 Å². The number of carbonyl (C=O) groups excluding carboxylic acids is 1. The quantitative estimate of drug-likeness (QED) is 0.330. The molecule has 1 rings (SSSR count). The second-order valence-corrected chi connectivity index (χ2v) is 3.20. The molecule has 0 saturated heterocycles. The highest BCUT2D eigenvalue weighted by Crippen LogP contribution is 2.21. The molecular formula is C11H13N3O2. The van der Waals surface area contributed by atoms with Crippen LogP contribution in [0.3, 0.4) is 0 Å². The summed E-state index contributed by atoms with van der Waals surface area (Å²) in [5, 5.41) is 3.47. The van der Waals surface area contributed by atoms with Gasteiger partial charge >= 0.3 is 0 Å². The Balaban J connectivity index is 3.09. The Morgan fingerprint density at radius 2 is 2.31 bits per heavy atom. The predicted octanol–water partition coefficient (Wildman–Crippen LogP) is 3.10. The average molecular weight is 219 g/mol. The molecule has 0 atom stereocenters. The molecule has 0 spiro atoms. The van der Waals surface area contributed by atoms with Crippen LogP contribution in [-0.2, 0) is 6.54 Å². The van der Waals surface area contributed by atoms with Gasteiger partial charge in [-0.15, -0.1) is 0 Å². The summed E-state index contributed by atoms with van der Waals surface area (Å²) in [6, 6.07) is 5.12. The Morgan fingerprint density at radius 3 is 2.88 bits per heavy atom. The molecule has 1 aromatic rings. The lowest BCUT2D eigenvalue weighted by Gasteiger charge is -2.09. The Labute approximate surface area is 93.7 Å². The molecule has 0 amide bonds. The Hall–Kier alpha value is -2.00. The van der Waals surface area contributed by atoms with E-state index >= 15 is 0 Å². The molecule has 16 heavy (non-hydrogen) atoms. The summed E-state index contributed by atoms with van der Waals surface area (Å²) < 4.78 is 5.37. The van der Waals surface area contributed by atoms with E-state index in [9.17, 15) is 4.79 Å². The Bertz CT molecular complexity index is 437. The van der Waals surface area contributed by atoms with Gasteiger partial charge in [-0.25, -0.2) is 0 Å². The largest absolute Gasteiger partial charge is 0.494 e. The summed E-state index contributed by atoms with van der Waals surface area (Å²) >= 11 is 0. The van der Waals surface area contributed by atoms with Crippen molar-refractivity contribution in [2.24, 2.45) is 5.11 Å². The van der Waals surface area contributed by atoms with Crippen LogP contribution in [0.4, 0.5) is 0 Å². The number of benzene rings is 1.